The molecular formula is C6H8FFmN2O2-. The summed E-state index contributed by atoms with van der Waals surface area (Å²) in [4.78, 5) is 20.6. The molecule has 1 aliphatic heterocycles. The normalized spacial score (nSPS) is 27.2. The van der Waals surface area contributed by atoms with Crippen LogP contribution in [0.15, 0.2) is 0 Å². The van der Waals surface area contributed by atoms with Crippen molar-refractivity contribution in [2.75, 3.05) is 6.67 Å². The fourth-order valence-corrected chi connectivity index (χ4v) is 1.05. The van der Waals surface area contributed by atoms with Crippen LogP contribution in [-0.2, 0) is 9.59 Å². The molecule has 0 radical (unpaired) electrons. The Hall–Kier alpha value is -2.13. The second kappa shape index (κ2) is 3.90. The summed E-state index contributed by atoms with van der Waals surface area (Å²) in [5.41, 5.74) is 0. The van der Waals surface area contributed by atoms with Crippen molar-refractivity contribution in [3.8, 4) is 0 Å². The fourth-order valence-electron chi connectivity index (χ4n) is 1.05. The van der Waals surface area contributed by atoms with Gasteiger partial charge in [0, 0.05) is 0 Å². The van der Waals surface area contributed by atoms with Gasteiger partial charge >= 0.3 is 0 Å². The molecule has 0 aliphatic carbocycles. The third-order valence-electron chi connectivity index (χ3n) is 1.60. The third kappa shape index (κ3) is 1.68. The van der Waals surface area contributed by atoms with Gasteiger partial charge in [0.2, 0.25) is 5.91 Å². The van der Waals surface area contributed by atoms with Crippen molar-refractivity contribution in [2.24, 2.45) is 0 Å². The van der Waals surface area contributed by atoms with E-state index in [1.807, 2.05) is 0 Å². The van der Waals surface area contributed by atoms with Gasteiger partial charge in [0.1, 0.15) is 6.67 Å². The Morgan fingerprint density at radius 2 is 2.42 bits per heavy atom. The van der Waals surface area contributed by atoms with Crippen LogP contribution < -0.4 is 10.6 Å². The summed E-state index contributed by atoms with van der Waals surface area (Å²) >= 11 is 0. The number of alkyl halides is 1. The van der Waals surface area contributed by atoms with Crippen molar-refractivity contribution in [2.45, 2.75) is 18.5 Å². The minimum atomic E-state index is -0.603. The molecule has 12 heavy (non-hydrogen) atoms. The van der Waals surface area contributed by atoms with Crippen molar-refractivity contribution in [3.05, 3.63) is 0 Å². The standard InChI is InChI=1S/C6H8FN2O2.Fm/c7-2-4-1-5(8-3-10)6(11)9-4;/h4-5H,1-2H2,(H,8,10)(H,9,11);/q-1;. The molecule has 0 aromatic heterocycles. The third-order valence-corrected chi connectivity index (χ3v) is 1.60. The predicted octanol–water partition coefficient (Wildman–Crippen LogP) is -1.13. The van der Waals surface area contributed by atoms with E-state index in [0.29, 0.717) is 6.42 Å². The molecule has 2 amide bonds. The minimum absolute atomic E-state index is 0. The largest absolute Gasteiger partial charge is 0.520 e. The summed E-state index contributed by atoms with van der Waals surface area (Å²) in [7, 11) is 0. The van der Waals surface area contributed by atoms with E-state index in [9.17, 15) is 14.0 Å². The second-order valence-electron chi connectivity index (χ2n) is 2.39. The number of halogens is 1. The number of nitrogens with one attached hydrogen (secondary N) is 2. The van der Waals surface area contributed by atoms with Gasteiger partial charge in [-0.1, -0.05) is 0 Å². The van der Waals surface area contributed by atoms with Crippen LogP contribution in [0, 0.1) is 0 Å². The summed E-state index contributed by atoms with van der Waals surface area (Å²) in [6.07, 6.45) is 1.71. The van der Waals surface area contributed by atoms with Gasteiger partial charge in [0.25, 0.3) is 0 Å². The first-order chi connectivity index (χ1) is 5.27. The van der Waals surface area contributed by atoms with E-state index in [4.69, 9.17) is 0 Å². The predicted molar refractivity (Wildman–Crippen MR) is 35.1 cm³/mol. The van der Waals surface area contributed by atoms with E-state index in [1.165, 1.54) is 6.41 Å². The maximum absolute atomic E-state index is 11.9. The zero-order valence-electron chi connectivity index (χ0n) is 6.05. The first-order valence-electron chi connectivity index (χ1n) is 3.27. The number of amides is 2. The van der Waals surface area contributed by atoms with Gasteiger partial charge in [-0.15, -0.1) is 0 Å². The van der Waals surface area contributed by atoms with Crippen LogP contribution in [0.5, 0.6) is 0 Å². The molecule has 1 heterocycles. The molecule has 1 fully saturated rings. The van der Waals surface area contributed by atoms with E-state index >= 15 is 0 Å². The van der Waals surface area contributed by atoms with E-state index in [2.05, 4.69) is 10.6 Å². The van der Waals surface area contributed by atoms with Gasteiger partial charge in [-0.25, -0.2) is 4.39 Å². The van der Waals surface area contributed by atoms with Crippen molar-refractivity contribution in [1.82, 2.24) is 10.6 Å². The Labute approximate surface area is 63.1 Å². The maximum atomic E-state index is 11.9. The molecule has 6 heteroatoms. The van der Waals surface area contributed by atoms with Gasteiger partial charge in [0.15, 0.2) is 0 Å². The monoisotopic (exact) mass is 416 g/mol. The first kappa shape index (κ1) is 9.87. The van der Waals surface area contributed by atoms with Crippen LogP contribution in [-0.4, -0.2) is 31.1 Å². The molecule has 0 aromatic carbocycles. The molecule has 2 atom stereocenters. The number of carbonyl (C=O) groups excluding carboxylic acids is 2. The molecule has 74 valence electrons. The van der Waals surface area contributed by atoms with Crippen LogP contribution in [0.25, 0.3) is 0 Å². The Morgan fingerprint density at radius 1 is 1.75 bits per heavy atom. The fraction of sp³-hybridized carbons (Fsp3) is 0.667. The van der Waals surface area contributed by atoms with Crippen molar-refractivity contribution in [1.29, 1.82) is 0 Å². The summed E-state index contributed by atoms with van der Waals surface area (Å²) in [5, 5.41) is 4.56. The quantitative estimate of drug-likeness (QED) is 0.452. The number of rotatable bonds is 3. The topological polar surface area (TPSA) is 58.2 Å². The van der Waals surface area contributed by atoms with E-state index < -0.39 is 18.8 Å². The smallest absolute Gasteiger partial charge is 0.240 e. The van der Waals surface area contributed by atoms with Gasteiger partial charge in [-0.3, -0.25) is 4.79 Å². The molecule has 1 rings (SSSR count). The molecule has 1 saturated heterocycles. The van der Waals surface area contributed by atoms with Gasteiger partial charge in [-0.05, 0) is 6.42 Å². The molecule has 0 spiro atoms. The molecule has 2 unspecified atom stereocenters. The average molecular weight is 416 g/mol. The van der Waals surface area contributed by atoms with E-state index in [1.54, 1.807) is 0 Å². The zero-order valence-corrected chi connectivity index (χ0v) is 8.46. The van der Waals surface area contributed by atoms with Crippen molar-refractivity contribution >= 4 is 12.3 Å². The number of carbonyl (C=O) groups is 1. The van der Waals surface area contributed by atoms with Crippen LogP contribution in [0.4, 0.5) is 4.39 Å². The SMILES string of the molecule is O=[C-]NC1CC(CF)NC1=O.[Fm]. The summed E-state index contributed by atoms with van der Waals surface area (Å²) in [5.74, 6) is -0.337. The second-order valence-corrected chi connectivity index (χ2v) is 2.39. The summed E-state index contributed by atoms with van der Waals surface area (Å²) in [6, 6.07) is -1.05. The number of hydrogen-bond donors (Lipinski definition) is 2. The molecule has 4 nitrogen and oxygen atoms in total. The molecule has 0 aromatic rings. The number of hydrogen-bond acceptors (Lipinski definition) is 2. The van der Waals surface area contributed by atoms with Crippen LogP contribution in [0.2, 0.25) is 0 Å². The van der Waals surface area contributed by atoms with Crippen molar-refractivity contribution < 1.29 is 14.0 Å². The average Bonchev–Trinajstić information content (AvgIpc) is 2.33. The van der Waals surface area contributed by atoms with Gasteiger partial charge < -0.3 is 15.4 Å². The first-order valence-corrected chi connectivity index (χ1v) is 3.27. The molecule has 0 saturated carbocycles. The minimum Gasteiger partial charge on any atom is -0.520 e. The van der Waals surface area contributed by atoms with Gasteiger partial charge in [0.05, 0.1) is 12.1 Å². The van der Waals surface area contributed by atoms with Crippen LogP contribution >= 0.6 is 0 Å². The van der Waals surface area contributed by atoms with Crippen LogP contribution in [0.3, 0.4) is 0 Å². The Morgan fingerprint density at radius 3 is 2.83 bits per heavy atom. The van der Waals surface area contributed by atoms with E-state index in [-0.39, 0.29) is 5.91 Å². The molecular weight excluding hydrogens is 408 g/mol. The Balaban J connectivity index is 0.00000121. The summed E-state index contributed by atoms with van der Waals surface area (Å²) in [6.45, 7) is -0.594. The zero-order chi connectivity index (χ0) is 8.27. The Kier molecular flexibility index (Phi) is 3.21. The molecule has 0 bridgehead atoms. The summed E-state index contributed by atoms with van der Waals surface area (Å²) < 4.78 is 11.9. The van der Waals surface area contributed by atoms with Crippen molar-refractivity contribution in [3.63, 3.8) is 0 Å². The van der Waals surface area contributed by atoms with E-state index in [0.717, 1.165) is 0 Å². The van der Waals surface area contributed by atoms with Crippen LogP contribution in [0.1, 0.15) is 6.42 Å². The maximum Gasteiger partial charge on any atom is 0.240 e. The molecule has 2 N–H and O–H groups in total. The van der Waals surface area contributed by atoms with Gasteiger partial charge in [-0.2, -0.15) is 6.41 Å². The Bertz CT molecular complexity index is 179. The molecule has 1 aliphatic rings.